The standard InChI is InChI=1S/C10H20N2O2S/c1-15-3-2-9(7-13)12-6-8(5-11)4-10(12)14/h8-9,13H,2-7,11H2,1H3/t8?,9-/m1/s1. The Morgan fingerprint density at radius 1 is 1.73 bits per heavy atom. The van der Waals surface area contributed by atoms with Crippen LogP contribution >= 0.6 is 11.8 Å². The molecule has 0 aliphatic carbocycles. The molecule has 1 saturated heterocycles. The predicted molar refractivity (Wildman–Crippen MR) is 62.7 cm³/mol. The minimum atomic E-state index is -0.0125. The summed E-state index contributed by atoms with van der Waals surface area (Å²) in [7, 11) is 0. The van der Waals surface area contributed by atoms with Crippen LogP contribution < -0.4 is 5.73 Å². The van der Waals surface area contributed by atoms with Crippen LogP contribution in [-0.4, -0.2) is 53.7 Å². The highest BCUT2D eigenvalue weighted by atomic mass is 32.2. The zero-order chi connectivity index (χ0) is 11.3. The molecule has 1 fully saturated rings. The van der Waals surface area contributed by atoms with Crippen LogP contribution in [0, 0.1) is 5.92 Å². The van der Waals surface area contributed by atoms with Gasteiger partial charge in [-0.05, 0) is 30.9 Å². The molecule has 0 aromatic rings. The molecule has 2 atom stereocenters. The number of aliphatic hydroxyl groups excluding tert-OH is 1. The van der Waals surface area contributed by atoms with E-state index in [1.807, 2.05) is 6.26 Å². The van der Waals surface area contributed by atoms with Crippen LogP contribution in [0.25, 0.3) is 0 Å². The second-order valence-electron chi connectivity index (χ2n) is 3.97. The van der Waals surface area contributed by atoms with Gasteiger partial charge in [-0.3, -0.25) is 4.79 Å². The molecule has 1 rings (SSSR count). The summed E-state index contributed by atoms with van der Waals surface area (Å²) >= 11 is 1.74. The number of hydrogen-bond acceptors (Lipinski definition) is 4. The van der Waals surface area contributed by atoms with Crippen LogP contribution in [0.4, 0.5) is 0 Å². The first-order valence-corrected chi connectivity index (χ1v) is 6.71. The Balaban J connectivity index is 2.49. The van der Waals surface area contributed by atoms with Crippen molar-refractivity contribution in [2.45, 2.75) is 18.9 Å². The van der Waals surface area contributed by atoms with Crippen LogP contribution in [0.3, 0.4) is 0 Å². The quantitative estimate of drug-likeness (QED) is 0.671. The molecule has 15 heavy (non-hydrogen) atoms. The number of thioether (sulfide) groups is 1. The summed E-state index contributed by atoms with van der Waals surface area (Å²) < 4.78 is 0. The topological polar surface area (TPSA) is 66.6 Å². The van der Waals surface area contributed by atoms with E-state index in [1.54, 1.807) is 16.7 Å². The van der Waals surface area contributed by atoms with Crippen LogP contribution in [0.2, 0.25) is 0 Å². The molecule has 3 N–H and O–H groups in total. The summed E-state index contributed by atoms with van der Waals surface area (Å²) in [5.41, 5.74) is 5.55. The molecule has 0 radical (unpaired) electrons. The number of carbonyl (C=O) groups is 1. The van der Waals surface area contributed by atoms with Crippen LogP contribution in [0.15, 0.2) is 0 Å². The van der Waals surface area contributed by atoms with Crippen molar-refractivity contribution in [1.82, 2.24) is 4.90 Å². The number of rotatable bonds is 6. The minimum absolute atomic E-state index is 0.0125. The molecule has 0 spiro atoms. The molecule has 1 heterocycles. The number of amides is 1. The Morgan fingerprint density at radius 2 is 2.47 bits per heavy atom. The van der Waals surface area contributed by atoms with Crippen LogP contribution in [0.5, 0.6) is 0 Å². The van der Waals surface area contributed by atoms with E-state index in [0.717, 1.165) is 18.7 Å². The largest absolute Gasteiger partial charge is 0.394 e. The fourth-order valence-electron chi connectivity index (χ4n) is 1.92. The molecule has 1 unspecified atom stereocenters. The van der Waals surface area contributed by atoms with Gasteiger partial charge in [0.15, 0.2) is 0 Å². The lowest BCUT2D eigenvalue weighted by Crippen LogP contribution is -2.39. The van der Waals surface area contributed by atoms with Crippen molar-refractivity contribution < 1.29 is 9.90 Å². The average Bonchev–Trinajstić information content (AvgIpc) is 2.61. The van der Waals surface area contributed by atoms with Crippen molar-refractivity contribution in [2.24, 2.45) is 11.7 Å². The maximum absolute atomic E-state index is 11.7. The molecule has 1 aliphatic heterocycles. The molecular weight excluding hydrogens is 212 g/mol. The average molecular weight is 232 g/mol. The first-order chi connectivity index (χ1) is 7.22. The van der Waals surface area contributed by atoms with Gasteiger partial charge in [-0.1, -0.05) is 0 Å². The van der Waals surface area contributed by atoms with Crippen LogP contribution in [0.1, 0.15) is 12.8 Å². The monoisotopic (exact) mass is 232 g/mol. The Morgan fingerprint density at radius 3 is 2.93 bits per heavy atom. The molecule has 0 aromatic carbocycles. The van der Waals surface area contributed by atoms with Gasteiger partial charge < -0.3 is 15.7 Å². The maximum atomic E-state index is 11.7. The third-order valence-electron chi connectivity index (χ3n) is 2.88. The lowest BCUT2D eigenvalue weighted by Gasteiger charge is -2.26. The van der Waals surface area contributed by atoms with Crippen molar-refractivity contribution >= 4 is 17.7 Å². The van der Waals surface area contributed by atoms with E-state index in [1.165, 1.54) is 0 Å². The molecule has 1 amide bonds. The molecule has 88 valence electrons. The highest BCUT2D eigenvalue weighted by Gasteiger charge is 2.32. The first-order valence-electron chi connectivity index (χ1n) is 5.32. The molecule has 5 heteroatoms. The third kappa shape index (κ3) is 3.36. The minimum Gasteiger partial charge on any atom is -0.394 e. The highest BCUT2D eigenvalue weighted by molar-refractivity contribution is 7.98. The number of likely N-dealkylation sites (tertiary alicyclic amines) is 1. The molecule has 0 saturated carbocycles. The van der Waals surface area contributed by atoms with E-state index in [2.05, 4.69) is 0 Å². The number of nitrogens with zero attached hydrogens (tertiary/aromatic N) is 1. The Bertz CT molecular complexity index is 214. The van der Waals surface area contributed by atoms with Gasteiger partial charge in [0.25, 0.3) is 0 Å². The Kier molecular flexibility index (Phi) is 5.42. The lowest BCUT2D eigenvalue weighted by molar-refractivity contribution is -0.130. The van der Waals surface area contributed by atoms with Gasteiger partial charge in [0.2, 0.25) is 5.91 Å². The summed E-state index contributed by atoms with van der Waals surface area (Å²) in [6.45, 7) is 1.33. The SMILES string of the molecule is CSCC[C@H](CO)N1CC(CN)CC1=O. The summed E-state index contributed by atoms with van der Waals surface area (Å²) in [4.78, 5) is 13.5. The predicted octanol–water partition coefficient (Wildman–Crippen LogP) is -0.0924. The fraction of sp³-hybridized carbons (Fsp3) is 0.900. The summed E-state index contributed by atoms with van der Waals surface area (Å²) in [5.74, 6) is 1.40. The van der Waals surface area contributed by atoms with Gasteiger partial charge >= 0.3 is 0 Å². The fourth-order valence-corrected chi connectivity index (χ4v) is 2.43. The summed E-state index contributed by atoms with van der Waals surface area (Å²) in [6.07, 6.45) is 3.44. The molecule has 4 nitrogen and oxygen atoms in total. The first kappa shape index (κ1) is 12.8. The third-order valence-corrected chi connectivity index (χ3v) is 3.52. The van der Waals surface area contributed by atoms with E-state index < -0.39 is 0 Å². The molecule has 0 bridgehead atoms. The van der Waals surface area contributed by atoms with E-state index >= 15 is 0 Å². The van der Waals surface area contributed by atoms with Crippen molar-refractivity contribution in [3.63, 3.8) is 0 Å². The van der Waals surface area contributed by atoms with Crippen LogP contribution in [-0.2, 0) is 4.79 Å². The summed E-state index contributed by atoms with van der Waals surface area (Å²) in [6, 6.07) is -0.0125. The Hall–Kier alpha value is -0.260. The normalized spacial score (nSPS) is 23.5. The summed E-state index contributed by atoms with van der Waals surface area (Å²) in [5, 5.41) is 9.26. The molecule has 0 aromatic heterocycles. The van der Waals surface area contributed by atoms with E-state index in [0.29, 0.717) is 13.0 Å². The molecule has 1 aliphatic rings. The van der Waals surface area contributed by atoms with Crippen molar-refractivity contribution in [1.29, 1.82) is 0 Å². The second-order valence-corrected chi connectivity index (χ2v) is 4.96. The van der Waals surface area contributed by atoms with E-state index in [4.69, 9.17) is 5.73 Å². The van der Waals surface area contributed by atoms with Gasteiger partial charge in [-0.2, -0.15) is 11.8 Å². The van der Waals surface area contributed by atoms with Gasteiger partial charge in [0.05, 0.1) is 12.6 Å². The zero-order valence-electron chi connectivity index (χ0n) is 9.19. The molecular formula is C10H20N2O2S. The van der Waals surface area contributed by atoms with E-state index in [-0.39, 0.29) is 24.5 Å². The lowest BCUT2D eigenvalue weighted by atomic mass is 10.1. The zero-order valence-corrected chi connectivity index (χ0v) is 10.0. The van der Waals surface area contributed by atoms with Crippen molar-refractivity contribution in [3.05, 3.63) is 0 Å². The smallest absolute Gasteiger partial charge is 0.223 e. The maximum Gasteiger partial charge on any atom is 0.223 e. The number of nitrogens with two attached hydrogens (primary N) is 1. The van der Waals surface area contributed by atoms with Gasteiger partial charge in [-0.15, -0.1) is 0 Å². The van der Waals surface area contributed by atoms with Gasteiger partial charge in [-0.25, -0.2) is 0 Å². The van der Waals surface area contributed by atoms with Crippen molar-refractivity contribution in [2.75, 3.05) is 31.7 Å². The van der Waals surface area contributed by atoms with Crippen molar-refractivity contribution in [3.8, 4) is 0 Å². The number of carbonyl (C=O) groups excluding carboxylic acids is 1. The van der Waals surface area contributed by atoms with Gasteiger partial charge in [0, 0.05) is 13.0 Å². The van der Waals surface area contributed by atoms with Gasteiger partial charge in [0.1, 0.15) is 0 Å². The number of aliphatic hydroxyl groups is 1. The van der Waals surface area contributed by atoms with E-state index in [9.17, 15) is 9.90 Å². The number of hydrogen-bond donors (Lipinski definition) is 2. The Labute approximate surface area is 95.2 Å². The second kappa shape index (κ2) is 6.35. The highest BCUT2D eigenvalue weighted by Crippen LogP contribution is 2.21.